The molecule has 0 radical (unpaired) electrons. The Kier molecular flexibility index (Phi) is 4.94. The lowest BCUT2D eigenvalue weighted by Gasteiger charge is -2.36. The number of hydrogen-bond donors (Lipinski definition) is 2. The second-order valence-electron chi connectivity index (χ2n) is 5.11. The van der Waals surface area contributed by atoms with Crippen molar-refractivity contribution in [3.63, 3.8) is 0 Å². The Morgan fingerprint density at radius 3 is 2.57 bits per heavy atom. The Bertz CT molecular complexity index is 539. The maximum Gasteiger partial charge on any atom is 0.169 e. The maximum atomic E-state index is 14.1. The number of halogens is 2. The Balaban J connectivity index is 2.06. The molecule has 1 saturated heterocycles. The predicted molar refractivity (Wildman–Crippen MR) is 76.2 cm³/mol. The minimum Gasteiger partial charge on any atom is -0.396 e. The number of nitrogens with two attached hydrogens (primary N) is 1. The third-order valence-electron chi connectivity index (χ3n) is 3.57. The lowest BCUT2D eigenvalue weighted by atomic mass is 10.1. The second-order valence-corrected chi connectivity index (χ2v) is 5.11. The molecule has 1 aliphatic rings. The van der Waals surface area contributed by atoms with E-state index in [1.54, 1.807) is 0 Å². The number of nitriles is 1. The highest BCUT2D eigenvalue weighted by Gasteiger charge is 2.22. The molecule has 1 aromatic rings. The molecule has 0 saturated carbocycles. The first-order valence-corrected chi connectivity index (χ1v) is 6.75. The average molecular weight is 296 g/mol. The highest BCUT2D eigenvalue weighted by Crippen LogP contribution is 2.27. The number of piperazine rings is 1. The molecule has 1 aliphatic heterocycles. The van der Waals surface area contributed by atoms with Crippen molar-refractivity contribution in [1.82, 2.24) is 4.90 Å². The number of β-amino-alcohol motifs (C(OH)–C–C–N with tert-alkyl or cyclic N) is 1. The van der Waals surface area contributed by atoms with Crippen molar-refractivity contribution in [2.75, 3.05) is 50.0 Å². The van der Waals surface area contributed by atoms with Crippen LogP contribution in [-0.2, 0) is 0 Å². The van der Waals surface area contributed by atoms with Gasteiger partial charge in [0, 0.05) is 32.7 Å². The molecule has 0 aliphatic carbocycles. The molecule has 114 valence electrons. The monoisotopic (exact) mass is 296 g/mol. The number of aliphatic hydroxyl groups is 1. The van der Waals surface area contributed by atoms with Gasteiger partial charge in [0.25, 0.3) is 0 Å². The van der Waals surface area contributed by atoms with Gasteiger partial charge in [0.05, 0.1) is 29.1 Å². The smallest absolute Gasteiger partial charge is 0.169 e. The Morgan fingerprint density at radius 1 is 1.33 bits per heavy atom. The molecule has 0 spiro atoms. The third kappa shape index (κ3) is 3.60. The fourth-order valence-corrected chi connectivity index (χ4v) is 2.44. The molecule has 3 N–H and O–H groups in total. The highest BCUT2D eigenvalue weighted by molar-refractivity contribution is 5.62. The summed E-state index contributed by atoms with van der Waals surface area (Å²) < 4.78 is 26.4. The summed E-state index contributed by atoms with van der Waals surface area (Å²) in [5.41, 5.74) is 6.17. The van der Waals surface area contributed by atoms with E-state index in [1.165, 1.54) is 12.1 Å². The molecule has 1 fully saturated rings. The van der Waals surface area contributed by atoms with E-state index in [2.05, 4.69) is 0 Å². The molecule has 2 rings (SSSR count). The quantitative estimate of drug-likeness (QED) is 0.801. The molecule has 7 heteroatoms. The van der Waals surface area contributed by atoms with Crippen LogP contribution >= 0.6 is 0 Å². The van der Waals surface area contributed by atoms with Crippen LogP contribution in [0.15, 0.2) is 12.1 Å². The van der Waals surface area contributed by atoms with Crippen LogP contribution in [0.1, 0.15) is 5.56 Å². The number of anilines is 2. The standard InChI is InChI=1S/C14H18F2N4O/c15-7-11(21)9-19-1-3-20(4-2-19)13-6-10(8-17)5-12(18)14(13)16/h5-6,11,21H,1-4,7,9,18H2. The Labute approximate surface area is 122 Å². The number of aliphatic hydroxyl groups excluding tert-OH is 1. The van der Waals surface area contributed by atoms with Crippen LogP contribution < -0.4 is 10.6 Å². The zero-order chi connectivity index (χ0) is 15.4. The zero-order valence-corrected chi connectivity index (χ0v) is 11.6. The van der Waals surface area contributed by atoms with Gasteiger partial charge in [-0.1, -0.05) is 0 Å². The van der Waals surface area contributed by atoms with E-state index >= 15 is 0 Å². The van der Waals surface area contributed by atoms with Gasteiger partial charge in [-0.05, 0) is 12.1 Å². The van der Waals surface area contributed by atoms with Gasteiger partial charge < -0.3 is 15.7 Å². The number of hydrogen-bond acceptors (Lipinski definition) is 5. The minimum absolute atomic E-state index is 0.0423. The molecular formula is C14H18F2N4O. The van der Waals surface area contributed by atoms with Gasteiger partial charge in [0.2, 0.25) is 0 Å². The lowest BCUT2D eigenvalue weighted by Crippen LogP contribution is -2.49. The second kappa shape index (κ2) is 6.70. The van der Waals surface area contributed by atoms with Crippen molar-refractivity contribution < 1.29 is 13.9 Å². The van der Waals surface area contributed by atoms with E-state index in [1.807, 2.05) is 15.9 Å². The minimum atomic E-state index is -0.981. The van der Waals surface area contributed by atoms with Gasteiger partial charge in [-0.3, -0.25) is 4.90 Å². The third-order valence-corrected chi connectivity index (χ3v) is 3.57. The van der Waals surface area contributed by atoms with Crippen LogP contribution in [0.2, 0.25) is 0 Å². The van der Waals surface area contributed by atoms with E-state index in [0.717, 1.165) is 0 Å². The van der Waals surface area contributed by atoms with Crippen LogP contribution in [0.5, 0.6) is 0 Å². The van der Waals surface area contributed by atoms with E-state index in [9.17, 15) is 13.9 Å². The van der Waals surface area contributed by atoms with Crippen LogP contribution in [0.3, 0.4) is 0 Å². The summed E-state index contributed by atoms with van der Waals surface area (Å²) in [7, 11) is 0. The molecule has 1 heterocycles. The number of rotatable bonds is 4. The van der Waals surface area contributed by atoms with E-state index in [-0.39, 0.29) is 12.2 Å². The number of nitrogen functional groups attached to an aromatic ring is 1. The lowest BCUT2D eigenvalue weighted by molar-refractivity contribution is 0.0870. The van der Waals surface area contributed by atoms with Crippen LogP contribution in [0.4, 0.5) is 20.2 Å². The average Bonchev–Trinajstić information content (AvgIpc) is 2.50. The van der Waals surface area contributed by atoms with E-state index in [4.69, 9.17) is 11.0 Å². The van der Waals surface area contributed by atoms with Crippen molar-refractivity contribution in [3.8, 4) is 6.07 Å². The van der Waals surface area contributed by atoms with Crippen molar-refractivity contribution >= 4 is 11.4 Å². The zero-order valence-electron chi connectivity index (χ0n) is 11.6. The first kappa shape index (κ1) is 15.5. The number of alkyl halides is 1. The summed E-state index contributed by atoms with van der Waals surface area (Å²) in [5.74, 6) is -0.522. The van der Waals surface area contributed by atoms with Crippen molar-refractivity contribution in [1.29, 1.82) is 5.26 Å². The molecular weight excluding hydrogens is 278 g/mol. The summed E-state index contributed by atoms with van der Waals surface area (Å²) in [5, 5.41) is 18.2. The van der Waals surface area contributed by atoms with Crippen LogP contribution in [0.25, 0.3) is 0 Å². The first-order valence-electron chi connectivity index (χ1n) is 6.75. The van der Waals surface area contributed by atoms with Gasteiger partial charge in [-0.15, -0.1) is 0 Å². The number of nitrogens with zero attached hydrogens (tertiary/aromatic N) is 3. The van der Waals surface area contributed by atoms with E-state index < -0.39 is 18.6 Å². The summed E-state index contributed by atoms with van der Waals surface area (Å²) in [6, 6.07) is 4.75. The van der Waals surface area contributed by atoms with Gasteiger partial charge >= 0.3 is 0 Å². The molecule has 5 nitrogen and oxygen atoms in total. The summed E-state index contributed by atoms with van der Waals surface area (Å²) >= 11 is 0. The first-order chi connectivity index (χ1) is 10.0. The molecule has 1 unspecified atom stereocenters. The van der Waals surface area contributed by atoms with Gasteiger partial charge in [-0.2, -0.15) is 5.26 Å². The van der Waals surface area contributed by atoms with Crippen LogP contribution in [-0.4, -0.2) is 55.5 Å². The summed E-state index contributed by atoms with van der Waals surface area (Å²) in [4.78, 5) is 3.74. The fourth-order valence-electron chi connectivity index (χ4n) is 2.44. The number of benzene rings is 1. The topological polar surface area (TPSA) is 76.5 Å². The Hall–Kier alpha value is -1.91. The molecule has 0 amide bonds. The molecule has 1 atom stereocenters. The fraction of sp³-hybridized carbons (Fsp3) is 0.500. The van der Waals surface area contributed by atoms with Crippen molar-refractivity contribution in [2.45, 2.75) is 6.10 Å². The molecule has 0 aromatic heterocycles. The van der Waals surface area contributed by atoms with Gasteiger partial charge in [-0.25, -0.2) is 8.78 Å². The van der Waals surface area contributed by atoms with Gasteiger partial charge in [0.15, 0.2) is 5.82 Å². The normalized spacial score (nSPS) is 17.5. The summed E-state index contributed by atoms with van der Waals surface area (Å²) in [6.07, 6.45) is -0.981. The maximum absolute atomic E-state index is 14.1. The molecule has 1 aromatic carbocycles. The molecule has 21 heavy (non-hydrogen) atoms. The van der Waals surface area contributed by atoms with Crippen LogP contribution in [0, 0.1) is 17.1 Å². The predicted octanol–water partition coefficient (Wildman–Crippen LogP) is 0.732. The summed E-state index contributed by atoms with van der Waals surface area (Å²) in [6.45, 7) is 1.75. The Morgan fingerprint density at radius 2 is 2.00 bits per heavy atom. The van der Waals surface area contributed by atoms with E-state index in [0.29, 0.717) is 37.4 Å². The SMILES string of the molecule is N#Cc1cc(N)c(F)c(N2CCN(CC(O)CF)CC2)c1. The largest absolute Gasteiger partial charge is 0.396 e. The molecule has 0 bridgehead atoms. The van der Waals surface area contributed by atoms with Gasteiger partial charge in [0.1, 0.15) is 6.67 Å². The van der Waals surface area contributed by atoms with Crippen molar-refractivity contribution in [3.05, 3.63) is 23.5 Å². The highest BCUT2D eigenvalue weighted by atomic mass is 19.1. The van der Waals surface area contributed by atoms with Crippen molar-refractivity contribution in [2.24, 2.45) is 0 Å².